The molecule has 2 heterocycles. The third-order valence-electron chi connectivity index (χ3n) is 3.93. The van der Waals surface area contributed by atoms with E-state index in [0.717, 1.165) is 10.6 Å². The van der Waals surface area contributed by atoms with Crippen molar-refractivity contribution < 1.29 is 14.7 Å². The Morgan fingerprint density at radius 2 is 2.05 bits per heavy atom. The Morgan fingerprint density at radius 3 is 2.55 bits per heavy atom. The maximum Gasteiger partial charge on any atom is 0.307 e. The number of nitrogens with one attached hydrogen (secondary N) is 1. The van der Waals surface area contributed by atoms with Crippen LogP contribution in [0.15, 0.2) is 0 Å². The number of hydrogen-bond acceptors (Lipinski definition) is 4. The molecule has 6 heteroatoms. The number of carboxylic acids is 1. The number of likely N-dealkylation sites (tertiary alicyclic amines) is 1. The van der Waals surface area contributed by atoms with Crippen molar-refractivity contribution in [2.75, 3.05) is 25.0 Å². The zero-order valence-electron chi connectivity index (χ0n) is 12.0. The summed E-state index contributed by atoms with van der Waals surface area (Å²) in [6.45, 7) is 7.50. The first kappa shape index (κ1) is 15.0. The summed E-state index contributed by atoms with van der Waals surface area (Å²) in [5, 5.41) is 12.8. The molecule has 1 aromatic heterocycles. The topological polar surface area (TPSA) is 69.6 Å². The third kappa shape index (κ3) is 3.19. The minimum absolute atomic E-state index is 0.0691. The Hall–Kier alpha value is -1.40. The Morgan fingerprint density at radius 1 is 1.35 bits per heavy atom. The van der Waals surface area contributed by atoms with Crippen LogP contribution in [-0.2, 0) is 9.59 Å². The van der Waals surface area contributed by atoms with Gasteiger partial charge >= 0.3 is 5.97 Å². The summed E-state index contributed by atoms with van der Waals surface area (Å²) >= 11 is 1.59. The summed E-state index contributed by atoms with van der Waals surface area (Å²) in [5.41, 5.74) is 2.34. The summed E-state index contributed by atoms with van der Waals surface area (Å²) in [6, 6.07) is 0. The Kier molecular flexibility index (Phi) is 4.45. The first-order valence-electron chi connectivity index (χ1n) is 6.70. The fourth-order valence-corrected chi connectivity index (χ4v) is 3.49. The molecule has 0 aromatic carbocycles. The van der Waals surface area contributed by atoms with Crippen LogP contribution < -0.4 is 5.32 Å². The van der Waals surface area contributed by atoms with Crippen LogP contribution in [0, 0.1) is 26.7 Å². The van der Waals surface area contributed by atoms with E-state index in [-0.39, 0.29) is 18.4 Å². The highest BCUT2D eigenvalue weighted by Crippen LogP contribution is 2.31. The van der Waals surface area contributed by atoms with Crippen molar-refractivity contribution in [1.82, 2.24) is 4.90 Å². The van der Waals surface area contributed by atoms with Crippen molar-refractivity contribution >= 4 is 28.2 Å². The molecule has 0 saturated carbocycles. The van der Waals surface area contributed by atoms with Gasteiger partial charge in [-0.1, -0.05) is 0 Å². The van der Waals surface area contributed by atoms with Gasteiger partial charge in [-0.25, -0.2) is 0 Å². The van der Waals surface area contributed by atoms with E-state index in [9.17, 15) is 9.59 Å². The molecule has 1 aromatic rings. The number of rotatable bonds is 4. The zero-order valence-corrected chi connectivity index (χ0v) is 12.8. The second kappa shape index (κ2) is 5.93. The first-order valence-corrected chi connectivity index (χ1v) is 7.51. The summed E-state index contributed by atoms with van der Waals surface area (Å²) < 4.78 is 0. The normalized spacial score (nSPS) is 19.2. The molecule has 5 nitrogen and oxygen atoms in total. The quantitative estimate of drug-likeness (QED) is 0.892. The van der Waals surface area contributed by atoms with E-state index < -0.39 is 5.97 Å². The van der Waals surface area contributed by atoms with Gasteiger partial charge in [0.15, 0.2) is 0 Å². The maximum absolute atomic E-state index is 12.0. The van der Waals surface area contributed by atoms with Crippen LogP contribution in [0.1, 0.15) is 22.4 Å². The number of carboxylic acid groups (broad SMARTS) is 1. The molecule has 1 saturated heterocycles. The second-order valence-corrected chi connectivity index (χ2v) is 6.57. The SMILES string of the molecule is Cc1sc(NC(=O)CN2CCC(C(=O)O)C2)c(C)c1C. The third-order valence-corrected chi connectivity index (χ3v) is 5.15. The van der Waals surface area contributed by atoms with Crippen molar-refractivity contribution in [1.29, 1.82) is 0 Å². The van der Waals surface area contributed by atoms with Crippen LogP contribution in [0.3, 0.4) is 0 Å². The van der Waals surface area contributed by atoms with Crippen LogP contribution >= 0.6 is 11.3 Å². The van der Waals surface area contributed by atoms with E-state index in [0.29, 0.717) is 19.5 Å². The molecule has 1 aliphatic heterocycles. The molecule has 2 N–H and O–H groups in total. The first-order chi connectivity index (χ1) is 9.38. The van der Waals surface area contributed by atoms with E-state index in [1.54, 1.807) is 11.3 Å². The van der Waals surface area contributed by atoms with Gasteiger partial charge in [0, 0.05) is 11.4 Å². The molecule has 0 spiro atoms. The number of aliphatic carboxylic acids is 1. The summed E-state index contributed by atoms with van der Waals surface area (Å²) in [5.74, 6) is -1.18. The van der Waals surface area contributed by atoms with Crippen LogP contribution in [0.25, 0.3) is 0 Å². The van der Waals surface area contributed by atoms with E-state index in [2.05, 4.69) is 12.2 Å². The largest absolute Gasteiger partial charge is 0.481 e. The molecule has 1 amide bonds. The number of nitrogens with zero attached hydrogens (tertiary/aromatic N) is 1. The number of aryl methyl sites for hydroxylation is 1. The zero-order chi connectivity index (χ0) is 14.9. The molecule has 2 rings (SSSR count). The molecule has 20 heavy (non-hydrogen) atoms. The van der Waals surface area contributed by atoms with Crippen molar-refractivity contribution in [3.05, 3.63) is 16.0 Å². The highest BCUT2D eigenvalue weighted by molar-refractivity contribution is 7.16. The van der Waals surface area contributed by atoms with Crippen molar-refractivity contribution in [3.63, 3.8) is 0 Å². The maximum atomic E-state index is 12.0. The van der Waals surface area contributed by atoms with Gasteiger partial charge in [-0.2, -0.15) is 0 Å². The van der Waals surface area contributed by atoms with Gasteiger partial charge in [0.1, 0.15) is 0 Å². The summed E-state index contributed by atoms with van der Waals surface area (Å²) in [6.07, 6.45) is 0.624. The molecule has 1 atom stereocenters. The van der Waals surface area contributed by atoms with Crippen LogP contribution in [0.2, 0.25) is 0 Å². The van der Waals surface area contributed by atoms with Gasteiger partial charge < -0.3 is 10.4 Å². The Balaban J connectivity index is 1.90. The van der Waals surface area contributed by atoms with Crippen molar-refractivity contribution in [2.24, 2.45) is 5.92 Å². The van der Waals surface area contributed by atoms with Crippen LogP contribution in [-0.4, -0.2) is 41.5 Å². The van der Waals surface area contributed by atoms with Gasteiger partial charge in [0.25, 0.3) is 0 Å². The number of amides is 1. The van der Waals surface area contributed by atoms with Crippen LogP contribution in [0.5, 0.6) is 0 Å². The average Bonchev–Trinajstić information content (AvgIpc) is 2.92. The lowest BCUT2D eigenvalue weighted by Gasteiger charge is -2.14. The molecule has 110 valence electrons. The van der Waals surface area contributed by atoms with Gasteiger partial charge in [0.2, 0.25) is 5.91 Å². The monoisotopic (exact) mass is 296 g/mol. The molecule has 0 bridgehead atoms. The minimum atomic E-state index is -0.770. The van der Waals surface area contributed by atoms with E-state index in [1.807, 2.05) is 18.7 Å². The number of carbonyl (C=O) groups excluding carboxylic acids is 1. The molecule has 0 radical (unpaired) electrons. The average molecular weight is 296 g/mol. The lowest BCUT2D eigenvalue weighted by molar-refractivity contribution is -0.141. The molecular formula is C14H20N2O3S. The number of thiophene rings is 1. The standard InChI is InChI=1S/C14H20N2O3S/c1-8-9(2)13(20-10(8)3)15-12(17)7-16-5-4-11(6-16)14(18)19/h11H,4-7H2,1-3H3,(H,15,17)(H,18,19). The van der Waals surface area contributed by atoms with Gasteiger partial charge in [0.05, 0.1) is 17.5 Å². The molecule has 1 fully saturated rings. The van der Waals surface area contributed by atoms with E-state index in [4.69, 9.17) is 5.11 Å². The summed E-state index contributed by atoms with van der Waals surface area (Å²) in [4.78, 5) is 26.0. The highest BCUT2D eigenvalue weighted by Gasteiger charge is 2.29. The van der Waals surface area contributed by atoms with Crippen LogP contribution in [0.4, 0.5) is 5.00 Å². The molecule has 0 aliphatic carbocycles. The predicted octanol–water partition coefficient (Wildman–Crippen LogP) is 2.02. The summed E-state index contributed by atoms with van der Waals surface area (Å²) in [7, 11) is 0. The number of hydrogen-bond donors (Lipinski definition) is 2. The number of anilines is 1. The predicted molar refractivity (Wildman–Crippen MR) is 79.3 cm³/mol. The van der Waals surface area contributed by atoms with Gasteiger partial charge in [-0.05, 0) is 44.9 Å². The fraction of sp³-hybridized carbons (Fsp3) is 0.571. The van der Waals surface area contributed by atoms with Crippen molar-refractivity contribution in [3.8, 4) is 0 Å². The highest BCUT2D eigenvalue weighted by atomic mass is 32.1. The molecule has 1 aliphatic rings. The molecular weight excluding hydrogens is 276 g/mol. The molecule has 1 unspecified atom stereocenters. The lowest BCUT2D eigenvalue weighted by Crippen LogP contribution is -2.32. The number of carbonyl (C=O) groups is 2. The second-order valence-electron chi connectivity index (χ2n) is 5.34. The van der Waals surface area contributed by atoms with E-state index >= 15 is 0 Å². The fourth-order valence-electron chi connectivity index (χ4n) is 2.41. The smallest absolute Gasteiger partial charge is 0.307 e. The van der Waals surface area contributed by atoms with Gasteiger partial charge in [-0.3, -0.25) is 14.5 Å². The Bertz CT molecular complexity index is 539. The minimum Gasteiger partial charge on any atom is -0.481 e. The van der Waals surface area contributed by atoms with Crippen molar-refractivity contribution in [2.45, 2.75) is 27.2 Å². The van der Waals surface area contributed by atoms with Gasteiger partial charge in [-0.15, -0.1) is 11.3 Å². The lowest BCUT2D eigenvalue weighted by atomic mass is 10.1. The Labute approximate surface area is 122 Å². The van der Waals surface area contributed by atoms with E-state index in [1.165, 1.54) is 10.4 Å².